The zero-order valence-electron chi connectivity index (χ0n) is 11.6. The van der Waals surface area contributed by atoms with Crippen LogP contribution in [-0.2, 0) is 0 Å². The first kappa shape index (κ1) is 13.6. The average molecular weight is 246 g/mol. The van der Waals surface area contributed by atoms with E-state index in [0.717, 1.165) is 19.0 Å². The van der Waals surface area contributed by atoms with Gasteiger partial charge in [-0.1, -0.05) is 44.2 Å². The third-order valence-electron chi connectivity index (χ3n) is 4.10. The lowest BCUT2D eigenvalue weighted by molar-refractivity contribution is 0.340. The first-order chi connectivity index (χ1) is 8.72. The van der Waals surface area contributed by atoms with Crippen molar-refractivity contribution in [1.29, 1.82) is 0 Å². The van der Waals surface area contributed by atoms with Crippen LogP contribution in [0.4, 0.5) is 0 Å². The van der Waals surface area contributed by atoms with Crippen LogP contribution in [0.1, 0.15) is 38.3 Å². The van der Waals surface area contributed by atoms with E-state index >= 15 is 0 Å². The molecule has 0 aliphatic heterocycles. The van der Waals surface area contributed by atoms with Gasteiger partial charge in [-0.05, 0) is 49.2 Å². The highest BCUT2D eigenvalue weighted by Gasteiger charge is 2.32. The van der Waals surface area contributed by atoms with Crippen molar-refractivity contribution in [1.82, 2.24) is 5.32 Å². The quantitative estimate of drug-likeness (QED) is 0.776. The highest BCUT2D eigenvalue weighted by atomic mass is 14.9. The van der Waals surface area contributed by atoms with Crippen molar-refractivity contribution in [3.05, 3.63) is 35.9 Å². The maximum Gasteiger partial charge on any atom is 0.0348 e. The molecule has 0 radical (unpaired) electrons. The molecule has 1 aromatic carbocycles. The molecule has 0 heterocycles. The Morgan fingerprint density at radius 1 is 1.22 bits per heavy atom. The predicted molar refractivity (Wildman–Crippen MR) is 77.3 cm³/mol. The fourth-order valence-electron chi connectivity index (χ4n) is 2.52. The number of hydrogen-bond donors (Lipinski definition) is 2. The maximum absolute atomic E-state index is 5.85. The lowest BCUT2D eigenvalue weighted by atomic mass is 9.94. The SMILES string of the molecule is CC(C)C(CN)CNC(c1ccccc1)C1CC1. The molecule has 2 nitrogen and oxygen atoms in total. The molecular formula is C16H26N2. The van der Waals surface area contributed by atoms with Crippen molar-refractivity contribution >= 4 is 0 Å². The van der Waals surface area contributed by atoms with E-state index in [4.69, 9.17) is 5.73 Å². The second-order valence-corrected chi connectivity index (χ2v) is 5.87. The highest BCUT2D eigenvalue weighted by molar-refractivity contribution is 5.21. The van der Waals surface area contributed by atoms with Gasteiger partial charge in [0.15, 0.2) is 0 Å². The fourth-order valence-corrected chi connectivity index (χ4v) is 2.52. The summed E-state index contributed by atoms with van der Waals surface area (Å²) < 4.78 is 0. The largest absolute Gasteiger partial charge is 0.330 e. The summed E-state index contributed by atoms with van der Waals surface area (Å²) in [5.41, 5.74) is 7.28. The van der Waals surface area contributed by atoms with E-state index in [0.29, 0.717) is 17.9 Å². The molecule has 0 saturated heterocycles. The highest BCUT2D eigenvalue weighted by Crippen LogP contribution is 2.41. The molecule has 1 saturated carbocycles. The van der Waals surface area contributed by atoms with Crippen molar-refractivity contribution in [2.24, 2.45) is 23.5 Å². The molecule has 3 N–H and O–H groups in total. The second kappa shape index (κ2) is 6.35. The first-order valence-corrected chi connectivity index (χ1v) is 7.20. The van der Waals surface area contributed by atoms with Crippen molar-refractivity contribution in [3.8, 4) is 0 Å². The number of hydrogen-bond acceptors (Lipinski definition) is 2. The van der Waals surface area contributed by atoms with Gasteiger partial charge in [-0.2, -0.15) is 0 Å². The molecule has 2 rings (SSSR count). The zero-order chi connectivity index (χ0) is 13.0. The van der Waals surface area contributed by atoms with E-state index in [1.54, 1.807) is 0 Å². The number of rotatable bonds is 7. The van der Waals surface area contributed by atoms with Crippen LogP contribution in [-0.4, -0.2) is 13.1 Å². The lowest BCUT2D eigenvalue weighted by Gasteiger charge is -2.24. The average Bonchev–Trinajstić information content (AvgIpc) is 3.19. The predicted octanol–water partition coefficient (Wildman–Crippen LogP) is 2.96. The second-order valence-electron chi connectivity index (χ2n) is 5.87. The molecule has 2 atom stereocenters. The van der Waals surface area contributed by atoms with Crippen LogP contribution in [0.3, 0.4) is 0 Å². The Balaban J connectivity index is 1.95. The van der Waals surface area contributed by atoms with Crippen LogP contribution in [0.2, 0.25) is 0 Å². The van der Waals surface area contributed by atoms with Gasteiger partial charge < -0.3 is 11.1 Å². The maximum atomic E-state index is 5.85. The van der Waals surface area contributed by atoms with Crippen LogP contribution < -0.4 is 11.1 Å². The third-order valence-corrected chi connectivity index (χ3v) is 4.10. The van der Waals surface area contributed by atoms with Gasteiger partial charge in [-0.3, -0.25) is 0 Å². The molecule has 2 unspecified atom stereocenters. The summed E-state index contributed by atoms with van der Waals surface area (Å²) in [5.74, 6) is 2.06. The zero-order valence-corrected chi connectivity index (χ0v) is 11.6. The van der Waals surface area contributed by atoms with Crippen LogP contribution >= 0.6 is 0 Å². The summed E-state index contributed by atoms with van der Waals surface area (Å²) >= 11 is 0. The standard InChI is InChI=1S/C16H26N2/c1-12(2)15(10-17)11-18-16(14-8-9-14)13-6-4-3-5-7-13/h3-7,12,14-16,18H,8-11,17H2,1-2H3. The Morgan fingerprint density at radius 2 is 1.89 bits per heavy atom. The Labute approximate surface area is 111 Å². The lowest BCUT2D eigenvalue weighted by Crippen LogP contribution is -2.34. The topological polar surface area (TPSA) is 38.0 Å². The van der Waals surface area contributed by atoms with Gasteiger partial charge in [0.2, 0.25) is 0 Å². The molecule has 0 amide bonds. The van der Waals surface area contributed by atoms with E-state index in [1.165, 1.54) is 18.4 Å². The summed E-state index contributed by atoms with van der Waals surface area (Å²) in [5, 5.41) is 3.75. The van der Waals surface area contributed by atoms with E-state index in [2.05, 4.69) is 49.5 Å². The van der Waals surface area contributed by atoms with Crippen molar-refractivity contribution in [2.45, 2.75) is 32.7 Å². The van der Waals surface area contributed by atoms with Gasteiger partial charge in [-0.15, -0.1) is 0 Å². The van der Waals surface area contributed by atoms with Gasteiger partial charge in [0.25, 0.3) is 0 Å². The smallest absolute Gasteiger partial charge is 0.0348 e. The molecule has 1 aliphatic carbocycles. The van der Waals surface area contributed by atoms with Crippen molar-refractivity contribution < 1.29 is 0 Å². The van der Waals surface area contributed by atoms with Crippen LogP contribution in [0.15, 0.2) is 30.3 Å². The molecule has 0 bridgehead atoms. The summed E-state index contributed by atoms with van der Waals surface area (Å²) in [6.45, 7) is 6.32. The molecule has 18 heavy (non-hydrogen) atoms. The number of nitrogens with two attached hydrogens (primary N) is 1. The number of nitrogens with one attached hydrogen (secondary N) is 1. The van der Waals surface area contributed by atoms with Gasteiger partial charge in [0.05, 0.1) is 0 Å². The van der Waals surface area contributed by atoms with E-state index < -0.39 is 0 Å². The molecule has 0 aromatic heterocycles. The molecule has 1 fully saturated rings. The van der Waals surface area contributed by atoms with Crippen LogP contribution in [0.25, 0.3) is 0 Å². The molecule has 2 heteroatoms. The van der Waals surface area contributed by atoms with Crippen molar-refractivity contribution in [3.63, 3.8) is 0 Å². The van der Waals surface area contributed by atoms with Gasteiger partial charge in [0, 0.05) is 6.04 Å². The van der Waals surface area contributed by atoms with E-state index in [9.17, 15) is 0 Å². The third kappa shape index (κ3) is 3.56. The van der Waals surface area contributed by atoms with Gasteiger partial charge >= 0.3 is 0 Å². The molecule has 100 valence electrons. The molecule has 0 spiro atoms. The Morgan fingerprint density at radius 3 is 2.39 bits per heavy atom. The van der Waals surface area contributed by atoms with Crippen molar-refractivity contribution in [2.75, 3.05) is 13.1 Å². The minimum Gasteiger partial charge on any atom is -0.330 e. The number of benzene rings is 1. The summed E-state index contributed by atoms with van der Waals surface area (Å²) in [7, 11) is 0. The van der Waals surface area contributed by atoms with Gasteiger partial charge in [-0.25, -0.2) is 0 Å². The first-order valence-electron chi connectivity index (χ1n) is 7.20. The minimum atomic E-state index is 0.527. The summed E-state index contributed by atoms with van der Waals surface area (Å²) in [6, 6.07) is 11.4. The van der Waals surface area contributed by atoms with E-state index in [-0.39, 0.29) is 0 Å². The van der Waals surface area contributed by atoms with Crippen LogP contribution in [0, 0.1) is 17.8 Å². The fraction of sp³-hybridized carbons (Fsp3) is 0.625. The normalized spacial score (nSPS) is 18.9. The van der Waals surface area contributed by atoms with Crippen LogP contribution in [0.5, 0.6) is 0 Å². The Kier molecular flexibility index (Phi) is 4.79. The minimum absolute atomic E-state index is 0.527. The van der Waals surface area contributed by atoms with E-state index in [1.807, 2.05) is 0 Å². The molecular weight excluding hydrogens is 220 g/mol. The molecule has 1 aliphatic rings. The summed E-state index contributed by atoms with van der Waals surface area (Å²) in [6.07, 6.45) is 2.73. The Hall–Kier alpha value is -0.860. The summed E-state index contributed by atoms with van der Waals surface area (Å²) in [4.78, 5) is 0. The van der Waals surface area contributed by atoms with Gasteiger partial charge in [0.1, 0.15) is 0 Å². The molecule has 1 aromatic rings. The Bertz CT molecular complexity index is 343. The monoisotopic (exact) mass is 246 g/mol.